The van der Waals surface area contributed by atoms with E-state index in [1.807, 2.05) is 60.7 Å². The number of fused-ring (bicyclic) bond motifs is 24. The van der Waals surface area contributed by atoms with Crippen LogP contribution < -0.4 is 0 Å². The summed E-state index contributed by atoms with van der Waals surface area (Å²) < 4.78 is 32.9. The predicted molar refractivity (Wildman–Crippen MR) is 489 cm³/mol. The summed E-state index contributed by atoms with van der Waals surface area (Å²) >= 11 is 0. The molecule has 0 unspecified atom stereocenters. The number of furan rings is 3. The number of imidazole rings is 3. The Morgan fingerprint density at radius 3 is 0.933 bits per heavy atom. The van der Waals surface area contributed by atoms with Gasteiger partial charge in [0.1, 0.15) is 51.0 Å². The molecule has 0 N–H and O–H groups in total. The number of rotatable bonds is 8. The summed E-state index contributed by atoms with van der Waals surface area (Å²) in [5.74, 6) is 2.87. The molecular weight excluding hydrogens is 1460 g/mol. The molecule has 0 aliphatic carbocycles. The zero-order valence-corrected chi connectivity index (χ0v) is 64.6. The van der Waals surface area contributed by atoms with Crippen LogP contribution in [0.15, 0.2) is 395 Å². The normalized spacial score (nSPS) is 11.9. The fourth-order valence-electron chi connectivity index (χ4n) is 18.6. The van der Waals surface area contributed by atoms with Gasteiger partial charge in [-0.05, 0) is 157 Å². The predicted octanol–water partition coefficient (Wildman–Crippen LogP) is 27.8. The van der Waals surface area contributed by atoms with Crippen LogP contribution in [0.4, 0.5) is 0 Å². The van der Waals surface area contributed by atoms with Crippen LogP contribution in [-0.2, 0) is 14.1 Å². The molecule has 0 saturated heterocycles. The number of nitrogens with zero attached hydrogens (tertiary/aromatic N) is 9. The first-order chi connectivity index (χ1) is 58.9. The number of benzene rings is 17. The first kappa shape index (κ1) is 67.5. The Balaban J connectivity index is 0.000000102. The highest BCUT2D eigenvalue weighted by molar-refractivity contribution is 6.27. The fourth-order valence-corrected chi connectivity index (χ4v) is 18.6. The van der Waals surface area contributed by atoms with Crippen LogP contribution >= 0.6 is 0 Å². The molecule has 26 aromatic rings. The number of hydrogen-bond donors (Lipinski definition) is 0. The minimum atomic E-state index is 0.910. The van der Waals surface area contributed by atoms with Gasteiger partial charge in [-0.15, -0.1) is 0 Å². The highest BCUT2D eigenvalue weighted by Crippen LogP contribution is 2.46. The monoisotopic (exact) mass is 1530 g/mol. The van der Waals surface area contributed by atoms with E-state index in [0.717, 1.165) is 216 Å². The van der Waals surface area contributed by atoms with Crippen LogP contribution in [0.1, 0.15) is 0 Å². The summed E-state index contributed by atoms with van der Waals surface area (Å²) in [6, 6.07) is 134. The van der Waals surface area contributed by atoms with Gasteiger partial charge < -0.3 is 36.1 Å². The van der Waals surface area contributed by atoms with Crippen molar-refractivity contribution in [3.63, 3.8) is 0 Å². The molecule has 0 fully saturated rings. The summed E-state index contributed by atoms with van der Waals surface area (Å²) in [6.07, 6.45) is 0. The van der Waals surface area contributed by atoms with Crippen molar-refractivity contribution < 1.29 is 13.3 Å². The lowest BCUT2D eigenvalue weighted by Gasteiger charge is -2.10. The molecule has 26 rings (SSSR count). The highest BCUT2D eigenvalue weighted by Gasteiger charge is 2.25. The van der Waals surface area contributed by atoms with Crippen LogP contribution in [0.5, 0.6) is 0 Å². The number of para-hydroxylation sites is 7. The van der Waals surface area contributed by atoms with E-state index in [2.05, 4.69) is 363 Å². The third-order valence-corrected chi connectivity index (χ3v) is 24.0. The zero-order valence-electron chi connectivity index (χ0n) is 64.6. The maximum Gasteiger partial charge on any atom is 0.145 e. The molecule has 0 spiro atoms. The first-order valence-electron chi connectivity index (χ1n) is 40.2. The van der Waals surface area contributed by atoms with E-state index >= 15 is 0 Å². The zero-order chi connectivity index (χ0) is 78.5. The quantitative estimate of drug-likeness (QED) is 0.150. The Morgan fingerprint density at radius 2 is 0.496 bits per heavy atom. The van der Waals surface area contributed by atoms with Gasteiger partial charge in [0.2, 0.25) is 0 Å². The van der Waals surface area contributed by atoms with Gasteiger partial charge in [0.25, 0.3) is 0 Å². The van der Waals surface area contributed by atoms with Crippen molar-refractivity contribution in [3.05, 3.63) is 382 Å². The Bertz CT molecular complexity index is 8570. The van der Waals surface area contributed by atoms with E-state index in [1.165, 1.54) is 16.2 Å². The second-order valence-corrected chi connectivity index (χ2v) is 30.7. The smallest absolute Gasteiger partial charge is 0.145 e. The van der Waals surface area contributed by atoms with Gasteiger partial charge in [-0.1, -0.05) is 237 Å². The maximum atomic E-state index is 6.48. The topological polar surface area (TPSA) is 108 Å². The molecule has 0 radical (unpaired) electrons. The van der Waals surface area contributed by atoms with E-state index in [-0.39, 0.29) is 0 Å². The Morgan fingerprint density at radius 1 is 0.193 bits per heavy atom. The van der Waals surface area contributed by atoms with E-state index < -0.39 is 0 Å². The average Bonchev–Trinajstić information content (AvgIpc) is 1.57. The van der Waals surface area contributed by atoms with E-state index in [4.69, 9.17) is 28.2 Å². The fraction of sp³-hybridized carbons (Fsp3) is 0.0187. The lowest BCUT2D eigenvalue weighted by molar-refractivity contribution is 0.672. The number of hydrogen-bond acceptors (Lipinski definition) is 6. The molecule has 119 heavy (non-hydrogen) atoms. The summed E-state index contributed by atoms with van der Waals surface area (Å²) in [5, 5.41) is 13.9. The van der Waals surface area contributed by atoms with Crippen LogP contribution in [0, 0.1) is 0 Å². The highest BCUT2D eigenvalue weighted by atomic mass is 16.3. The van der Waals surface area contributed by atoms with Crippen molar-refractivity contribution >= 4 is 164 Å². The molecule has 0 saturated carbocycles. The van der Waals surface area contributed by atoms with Crippen molar-refractivity contribution in [1.82, 2.24) is 42.4 Å². The summed E-state index contributed by atoms with van der Waals surface area (Å²) in [6.45, 7) is 0. The molecule has 0 bridgehead atoms. The molecule has 9 heterocycles. The summed E-state index contributed by atoms with van der Waals surface area (Å²) in [5.41, 5.74) is 28.6. The molecule has 0 amide bonds. The van der Waals surface area contributed by atoms with Crippen molar-refractivity contribution in [3.8, 4) is 68.0 Å². The van der Waals surface area contributed by atoms with Crippen LogP contribution in [-0.4, -0.2) is 42.4 Å². The maximum absolute atomic E-state index is 6.48. The molecule has 12 nitrogen and oxygen atoms in total. The van der Waals surface area contributed by atoms with Crippen LogP contribution in [0.3, 0.4) is 0 Å². The van der Waals surface area contributed by atoms with Crippen molar-refractivity contribution in [1.29, 1.82) is 0 Å². The molecule has 0 aliphatic rings. The Kier molecular flexibility index (Phi) is 15.2. The standard InChI is InChI=1S/C38H25N3O.C37H23N3O.C32H21N3O/c1-40-33-21-17-26(23-31(33)39-38(40)25-9-3-2-4-10-25)24-15-18-27(19-16-24)41-32-13-7-5-12-30(32)36-34(41)22-20-29-28-11-6-8-14-35(28)42-37(29)36;1-3-11-24(12-4-1)37-38-30-23-26(19-21-32(30)40(37)25-13-5-2-6-14-25)39-31-17-9-7-16-29(31)35-33(39)22-20-28-27-15-8-10-18-34(27)41-36(28)35;1-34-27-17-15-21(19-25(27)33-32(34)20-9-3-2-4-10-20)35-26-13-7-5-12-24(26)30-28(35)18-16-23-22-11-6-8-14-29(22)36-31(23)30/h2-23H,1H3;1-23H;2-19H,1H3. The molecule has 0 aliphatic heterocycles. The summed E-state index contributed by atoms with van der Waals surface area (Å²) in [4.78, 5) is 15.2. The van der Waals surface area contributed by atoms with Crippen LogP contribution in [0.2, 0.25) is 0 Å². The Hall–Kier alpha value is -16.1. The van der Waals surface area contributed by atoms with Crippen molar-refractivity contribution in [2.24, 2.45) is 14.1 Å². The van der Waals surface area contributed by atoms with Gasteiger partial charge in [0.15, 0.2) is 0 Å². The minimum absolute atomic E-state index is 0.910. The SMILES string of the molecule is Cn1c(-c2ccccc2)nc2cc(-c3ccc(-n4c5ccccc5c5c6oc7ccccc7c6ccc54)cc3)ccc21.Cn1c(-c2ccccc2)nc2cc(-n3c4ccccc4c4c5oc6ccccc6c5ccc43)ccc21.c1ccc(-c2nc3cc(-n4c5ccccc5c5c6oc7ccccc7c6ccc54)ccc3n2-c2ccccc2)cc1. The van der Waals surface area contributed by atoms with E-state index in [9.17, 15) is 0 Å². The van der Waals surface area contributed by atoms with Gasteiger partial charge in [0, 0.05) is 102 Å². The molecule has 9 aromatic heterocycles. The number of aryl methyl sites for hydroxylation is 2. The van der Waals surface area contributed by atoms with Crippen molar-refractivity contribution in [2.75, 3.05) is 0 Å². The number of aromatic nitrogens is 9. The minimum Gasteiger partial charge on any atom is -0.455 e. The van der Waals surface area contributed by atoms with Gasteiger partial charge in [0.05, 0.1) is 82.4 Å². The average molecular weight is 1530 g/mol. The molecule has 17 aromatic carbocycles. The van der Waals surface area contributed by atoms with Crippen LogP contribution in [0.25, 0.3) is 232 Å². The Labute approximate surface area is 680 Å². The second-order valence-electron chi connectivity index (χ2n) is 30.7. The lowest BCUT2D eigenvalue weighted by atomic mass is 10.0. The van der Waals surface area contributed by atoms with Gasteiger partial charge in [-0.25, -0.2) is 15.0 Å². The molecule has 560 valence electrons. The van der Waals surface area contributed by atoms with Gasteiger partial charge in [-0.3, -0.25) is 4.57 Å². The third kappa shape index (κ3) is 10.6. The largest absolute Gasteiger partial charge is 0.455 e. The van der Waals surface area contributed by atoms with Crippen molar-refractivity contribution in [2.45, 2.75) is 0 Å². The van der Waals surface area contributed by atoms with E-state index in [0.29, 0.717) is 0 Å². The molecule has 12 heteroatoms. The van der Waals surface area contributed by atoms with Gasteiger partial charge in [-0.2, -0.15) is 0 Å². The lowest BCUT2D eigenvalue weighted by Crippen LogP contribution is -1.97. The molecular formula is C107H69N9O3. The first-order valence-corrected chi connectivity index (χ1v) is 40.2. The van der Waals surface area contributed by atoms with E-state index in [1.54, 1.807) is 0 Å². The second kappa shape index (κ2) is 26.8. The third-order valence-electron chi connectivity index (χ3n) is 24.0. The summed E-state index contributed by atoms with van der Waals surface area (Å²) in [7, 11) is 4.16. The molecule has 0 atom stereocenters. The van der Waals surface area contributed by atoms with Gasteiger partial charge >= 0.3 is 0 Å².